The lowest BCUT2D eigenvalue weighted by molar-refractivity contribution is -0.136. The fourth-order valence-electron chi connectivity index (χ4n) is 2.93. The Hall–Kier alpha value is -2.04. The van der Waals surface area contributed by atoms with E-state index >= 15 is 0 Å². The van der Waals surface area contributed by atoms with Crippen molar-refractivity contribution in [1.29, 1.82) is 0 Å². The van der Waals surface area contributed by atoms with Gasteiger partial charge in [-0.15, -0.1) is 0 Å². The summed E-state index contributed by atoms with van der Waals surface area (Å²) in [5.74, 6) is 0.484. The number of likely N-dealkylation sites (tertiary alicyclic amines) is 1. The molecule has 0 bridgehead atoms. The molecule has 1 saturated heterocycles. The average molecular weight is 318 g/mol. The maximum Gasteiger partial charge on any atom is 0.407 e. The minimum Gasteiger partial charge on any atom is -0.445 e. The summed E-state index contributed by atoms with van der Waals surface area (Å²) in [6.45, 7) is 7.47. The Morgan fingerprint density at radius 1 is 1.26 bits per heavy atom. The summed E-state index contributed by atoms with van der Waals surface area (Å²) >= 11 is 0. The van der Waals surface area contributed by atoms with Crippen molar-refractivity contribution < 1.29 is 14.3 Å². The van der Waals surface area contributed by atoms with Crippen LogP contribution in [0.3, 0.4) is 0 Å². The molecule has 2 amide bonds. The molecule has 0 radical (unpaired) electrons. The SMILES string of the molecule is CC1CC(NC(=O)OCc2ccccc2)CN(C(=O)C(C)C)C1. The van der Waals surface area contributed by atoms with Crippen LogP contribution in [0.4, 0.5) is 4.79 Å². The lowest BCUT2D eigenvalue weighted by Crippen LogP contribution is -2.53. The molecule has 0 aliphatic carbocycles. The summed E-state index contributed by atoms with van der Waals surface area (Å²) in [4.78, 5) is 26.0. The molecule has 0 spiro atoms. The van der Waals surface area contributed by atoms with Crippen molar-refractivity contribution in [1.82, 2.24) is 10.2 Å². The smallest absolute Gasteiger partial charge is 0.407 e. The molecular weight excluding hydrogens is 292 g/mol. The van der Waals surface area contributed by atoms with Crippen molar-refractivity contribution in [3.8, 4) is 0 Å². The first kappa shape index (κ1) is 17.3. The normalized spacial score (nSPS) is 21.1. The van der Waals surface area contributed by atoms with Gasteiger partial charge >= 0.3 is 6.09 Å². The maximum atomic E-state index is 12.2. The van der Waals surface area contributed by atoms with Crippen molar-refractivity contribution in [3.05, 3.63) is 35.9 Å². The van der Waals surface area contributed by atoms with Crippen LogP contribution in [0.15, 0.2) is 30.3 Å². The molecule has 23 heavy (non-hydrogen) atoms. The van der Waals surface area contributed by atoms with Crippen molar-refractivity contribution in [2.45, 2.75) is 39.8 Å². The van der Waals surface area contributed by atoms with E-state index in [2.05, 4.69) is 12.2 Å². The standard InChI is InChI=1S/C18H26N2O3/c1-13(2)17(21)20-10-14(3)9-16(11-20)19-18(22)23-12-15-7-5-4-6-8-15/h4-8,13-14,16H,9-12H2,1-3H3,(H,19,22). The number of carbonyl (C=O) groups is 2. The highest BCUT2D eigenvalue weighted by Gasteiger charge is 2.29. The summed E-state index contributed by atoms with van der Waals surface area (Å²) in [7, 11) is 0. The predicted octanol–water partition coefficient (Wildman–Crippen LogP) is 2.81. The van der Waals surface area contributed by atoms with Gasteiger partial charge in [-0.25, -0.2) is 4.79 Å². The molecule has 1 aromatic rings. The van der Waals surface area contributed by atoms with Gasteiger partial charge in [-0.05, 0) is 17.9 Å². The summed E-state index contributed by atoms with van der Waals surface area (Å²) < 4.78 is 5.26. The van der Waals surface area contributed by atoms with Crippen molar-refractivity contribution in [2.75, 3.05) is 13.1 Å². The van der Waals surface area contributed by atoms with Crippen LogP contribution in [0.25, 0.3) is 0 Å². The number of hydrogen-bond donors (Lipinski definition) is 1. The van der Waals surface area contributed by atoms with Gasteiger partial charge in [0.1, 0.15) is 6.61 Å². The maximum absolute atomic E-state index is 12.2. The summed E-state index contributed by atoms with van der Waals surface area (Å²) in [5.41, 5.74) is 0.955. The minimum atomic E-state index is -0.426. The first-order valence-corrected chi connectivity index (χ1v) is 8.21. The first-order chi connectivity index (χ1) is 11.0. The minimum absolute atomic E-state index is 0.0222. The first-order valence-electron chi connectivity index (χ1n) is 8.21. The molecule has 1 aromatic carbocycles. The summed E-state index contributed by atoms with van der Waals surface area (Å²) in [5, 5.41) is 2.89. The third-order valence-electron chi connectivity index (χ3n) is 4.00. The molecule has 1 heterocycles. The van der Waals surface area contributed by atoms with E-state index in [-0.39, 0.29) is 24.5 Å². The number of piperidine rings is 1. The van der Waals surface area contributed by atoms with Gasteiger partial charge in [0, 0.05) is 19.0 Å². The third-order valence-corrected chi connectivity index (χ3v) is 4.00. The van der Waals surface area contributed by atoms with Crippen LogP contribution >= 0.6 is 0 Å². The molecule has 1 N–H and O–H groups in total. The molecule has 2 atom stereocenters. The number of amides is 2. The van der Waals surface area contributed by atoms with E-state index in [9.17, 15) is 9.59 Å². The molecular formula is C18H26N2O3. The Balaban J connectivity index is 1.83. The number of hydrogen-bond acceptors (Lipinski definition) is 3. The Morgan fingerprint density at radius 3 is 2.61 bits per heavy atom. The van der Waals surface area contributed by atoms with Crippen molar-refractivity contribution in [3.63, 3.8) is 0 Å². The van der Waals surface area contributed by atoms with Crippen LogP contribution in [0.1, 0.15) is 32.8 Å². The van der Waals surface area contributed by atoms with Gasteiger partial charge in [0.2, 0.25) is 5.91 Å². The highest BCUT2D eigenvalue weighted by molar-refractivity contribution is 5.78. The van der Waals surface area contributed by atoms with Gasteiger partial charge in [-0.2, -0.15) is 0 Å². The monoisotopic (exact) mass is 318 g/mol. The van der Waals surface area contributed by atoms with E-state index in [1.807, 2.05) is 49.1 Å². The molecule has 5 heteroatoms. The number of carbonyl (C=O) groups excluding carboxylic acids is 2. The van der Waals surface area contributed by atoms with Crippen molar-refractivity contribution in [2.24, 2.45) is 11.8 Å². The number of nitrogens with one attached hydrogen (secondary N) is 1. The zero-order valence-corrected chi connectivity index (χ0v) is 14.1. The van der Waals surface area contributed by atoms with E-state index in [4.69, 9.17) is 4.74 Å². The molecule has 2 unspecified atom stereocenters. The van der Waals surface area contributed by atoms with Gasteiger partial charge in [0.05, 0.1) is 6.04 Å². The lowest BCUT2D eigenvalue weighted by atomic mass is 9.95. The predicted molar refractivity (Wildman–Crippen MR) is 88.7 cm³/mol. The number of nitrogens with zero attached hydrogens (tertiary/aromatic N) is 1. The molecule has 1 aliphatic heterocycles. The van der Waals surface area contributed by atoms with Gasteiger partial charge in [-0.3, -0.25) is 4.79 Å². The van der Waals surface area contributed by atoms with E-state index in [0.29, 0.717) is 12.5 Å². The molecule has 126 valence electrons. The summed E-state index contributed by atoms with van der Waals surface area (Å²) in [6.07, 6.45) is 0.437. The fraction of sp³-hybridized carbons (Fsp3) is 0.556. The molecule has 5 nitrogen and oxygen atoms in total. The van der Waals surface area contributed by atoms with Crippen molar-refractivity contribution >= 4 is 12.0 Å². The Morgan fingerprint density at radius 2 is 1.96 bits per heavy atom. The topological polar surface area (TPSA) is 58.6 Å². The number of alkyl carbamates (subject to hydrolysis) is 1. The Labute approximate surface area is 138 Å². The second-order valence-corrected chi connectivity index (χ2v) is 6.64. The van der Waals surface area contributed by atoms with Crippen LogP contribution < -0.4 is 5.32 Å². The third kappa shape index (κ3) is 5.27. The van der Waals surface area contributed by atoms with Gasteiger partial charge in [0.25, 0.3) is 0 Å². The second kappa shape index (κ2) is 7.99. The van der Waals surface area contributed by atoms with E-state index < -0.39 is 6.09 Å². The molecule has 1 aliphatic rings. The number of rotatable bonds is 4. The largest absolute Gasteiger partial charge is 0.445 e. The average Bonchev–Trinajstić information content (AvgIpc) is 2.52. The van der Waals surface area contributed by atoms with E-state index in [0.717, 1.165) is 18.5 Å². The Bertz CT molecular complexity index is 530. The second-order valence-electron chi connectivity index (χ2n) is 6.64. The van der Waals surface area contributed by atoms with Gasteiger partial charge in [-0.1, -0.05) is 51.1 Å². The van der Waals surface area contributed by atoms with Crippen LogP contribution in [-0.2, 0) is 16.1 Å². The number of ether oxygens (including phenoxy) is 1. The van der Waals surface area contributed by atoms with Crippen LogP contribution in [0.5, 0.6) is 0 Å². The zero-order valence-electron chi connectivity index (χ0n) is 14.1. The van der Waals surface area contributed by atoms with Gasteiger partial charge in [0.15, 0.2) is 0 Å². The van der Waals surface area contributed by atoms with Crippen LogP contribution in [-0.4, -0.2) is 36.0 Å². The van der Waals surface area contributed by atoms with Crippen LogP contribution in [0, 0.1) is 11.8 Å². The molecule has 2 rings (SSSR count). The quantitative estimate of drug-likeness (QED) is 0.928. The Kier molecular flexibility index (Phi) is 6.02. The lowest BCUT2D eigenvalue weighted by Gasteiger charge is -2.37. The summed E-state index contributed by atoms with van der Waals surface area (Å²) in [6, 6.07) is 9.53. The molecule has 1 fully saturated rings. The number of benzene rings is 1. The zero-order chi connectivity index (χ0) is 16.8. The van der Waals surface area contributed by atoms with E-state index in [1.165, 1.54) is 0 Å². The highest BCUT2D eigenvalue weighted by Crippen LogP contribution is 2.18. The van der Waals surface area contributed by atoms with E-state index in [1.54, 1.807) is 0 Å². The van der Waals surface area contributed by atoms with Gasteiger partial charge < -0.3 is 15.0 Å². The highest BCUT2D eigenvalue weighted by atomic mass is 16.5. The fourth-order valence-corrected chi connectivity index (χ4v) is 2.93. The molecule has 0 aromatic heterocycles. The van der Waals surface area contributed by atoms with Crippen LogP contribution in [0.2, 0.25) is 0 Å². The molecule has 0 saturated carbocycles.